The third-order valence-electron chi connectivity index (χ3n) is 7.41. The van der Waals surface area contributed by atoms with Gasteiger partial charge in [0.2, 0.25) is 11.8 Å². The van der Waals surface area contributed by atoms with Crippen molar-refractivity contribution in [2.24, 2.45) is 0 Å². The minimum absolute atomic E-state index is 0.0791. The van der Waals surface area contributed by atoms with Crippen LogP contribution in [-0.2, 0) is 36.9 Å². The van der Waals surface area contributed by atoms with E-state index in [1.165, 1.54) is 6.33 Å². The Morgan fingerprint density at radius 2 is 1.77 bits per heavy atom. The average molecular weight is 663 g/mol. The highest BCUT2D eigenvalue weighted by Gasteiger charge is 2.38. The Bertz CT molecular complexity index is 1520. The van der Waals surface area contributed by atoms with E-state index in [1.54, 1.807) is 13.1 Å². The van der Waals surface area contributed by atoms with Crippen molar-refractivity contribution < 1.29 is 47.4 Å². The number of nitrogens with one attached hydrogen (secondary N) is 4. The fourth-order valence-corrected chi connectivity index (χ4v) is 5.20. The molecule has 1 aromatic heterocycles. The van der Waals surface area contributed by atoms with E-state index < -0.39 is 36.1 Å². The number of hydrogen-bond donors (Lipinski definition) is 6. The molecule has 4 rings (SSSR count). The zero-order chi connectivity index (χ0) is 34.6. The van der Waals surface area contributed by atoms with E-state index >= 15 is 0 Å². The van der Waals surface area contributed by atoms with Gasteiger partial charge in [0, 0.05) is 31.7 Å². The number of aromatic amines is 1. The van der Waals surface area contributed by atoms with Crippen molar-refractivity contribution in [1.29, 1.82) is 0 Å². The summed E-state index contributed by atoms with van der Waals surface area (Å²) < 4.78 is 31.7. The molecule has 13 nitrogen and oxygen atoms in total. The molecule has 2 amide bonds. The molecule has 254 valence electrons. The number of amides is 2. The lowest BCUT2D eigenvalue weighted by Crippen LogP contribution is -2.56. The normalized spacial score (nSPS) is 15.7. The Kier molecular flexibility index (Phi) is 13.4. The molecule has 2 aromatic carbocycles. The number of aliphatic carboxylic acids is 2. The Morgan fingerprint density at radius 3 is 2.36 bits per heavy atom. The maximum atomic E-state index is 13.8. The Balaban J connectivity index is 0.000000771. The number of carboxylic acids is 2. The molecule has 1 saturated heterocycles. The van der Waals surface area contributed by atoms with Gasteiger partial charge in [0.25, 0.3) is 0 Å². The van der Waals surface area contributed by atoms with Crippen LogP contribution < -0.4 is 16.0 Å². The van der Waals surface area contributed by atoms with Gasteiger partial charge in [0.15, 0.2) is 5.78 Å². The van der Waals surface area contributed by atoms with Crippen molar-refractivity contribution in [1.82, 2.24) is 30.8 Å². The van der Waals surface area contributed by atoms with Gasteiger partial charge in [-0.3, -0.25) is 19.3 Å². The summed E-state index contributed by atoms with van der Waals surface area (Å²) in [5, 5.41) is 27.3. The molecular formula is C31H37F3N6O7. The maximum absolute atomic E-state index is 13.8. The van der Waals surface area contributed by atoms with Crippen LogP contribution in [0.4, 0.5) is 13.2 Å². The number of carboxylic acid groups (broad SMARTS) is 2. The van der Waals surface area contributed by atoms with Gasteiger partial charge in [-0.2, -0.15) is 13.2 Å². The van der Waals surface area contributed by atoms with Crippen LogP contribution in [0, 0.1) is 0 Å². The third kappa shape index (κ3) is 11.2. The number of hydrogen-bond acceptors (Lipinski definition) is 8. The van der Waals surface area contributed by atoms with Gasteiger partial charge < -0.3 is 31.1 Å². The highest BCUT2D eigenvalue weighted by Crippen LogP contribution is 2.24. The van der Waals surface area contributed by atoms with Gasteiger partial charge >= 0.3 is 18.1 Å². The van der Waals surface area contributed by atoms with E-state index in [0.29, 0.717) is 12.2 Å². The molecule has 2 heterocycles. The molecule has 1 aliphatic rings. The summed E-state index contributed by atoms with van der Waals surface area (Å²) in [6.07, 6.45) is 0.0971. The SMILES string of the molecule is CCC(=O)NC[C@H](NC(=O)CN(Cc1cccc2ccccc12)C(C(=O)Cc1c[nH]cn1)[C@@H]1CCCN1)C(=O)O.O=C(O)C(F)(F)F. The van der Waals surface area contributed by atoms with Crippen LogP contribution in [0.3, 0.4) is 0 Å². The summed E-state index contributed by atoms with van der Waals surface area (Å²) >= 11 is 0. The summed E-state index contributed by atoms with van der Waals surface area (Å²) in [6, 6.07) is 11.7. The molecule has 0 aliphatic carbocycles. The first-order valence-electron chi connectivity index (χ1n) is 14.8. The van der Waals surface area contributed by atoms with Crippen molar-refractivity contribution in [2.45, 2.75) is 63.5 Å². The van der Waals surface area contributed by atoms with Gasteiger partial charge in [-0.15, -0.1) is 0 Å². The lowest BCUT2D eigenvalue weighted by Gasteiger charge is -2.35. The fraction of sp³-hybridized carbons (Fsp3) is 0.419. The molecule has 0 saturated carbocycles. The molecule has 1 unspecified atom stereocenters. The van der Waals surface area contributed by atoms with Crippen LogP contribution >= 0.6 is 0 Å². The summed E-state index contributed by atoms with van der Waals surface area (Å²) in [5.41, 5.74) is 1.56. The van der Waals surface area contributed by atoms with Crippen LogP contribution in [0.25, 0.3) is 10.8 Å². The zero-order valence-corrected chi connectivity index (χ0v) is 25.5. The number of carbonyl (C=O) groups excluding carboxylic acids is 3. The number of fused-ring (bicyclic) bond motifs is 1. The minimum atomic E-state index is -5.08. The maximum Gasteiger partial charge on any atom is 0.490 e. The van der Waals surface area contributed by atoms with Crippen molar-refractivity contribution in [3.8, 4) is 0 Å². The average Bonchev–Trinajstić information content (AvgIpc) is 3.74. The lowest BCUT2D eigenvalue weighted by molar-refractivity contribution is -0.192. The van der Waals surface area contributed by atoms with Gasteiger partial charge in [-0.1, -0.05) is 49.4 Å². The number of benzene rings is 2. The molecule has 16 heteroatoms. The Labute approximate surface area is 267 Å². The number of Topliss-reactive ketones (excluding diaryl/α,β-unsaturated/α-hetero) is 1. The van der Waals surface area contributed by atoms with E-state index in [9.17, 15) is 37.5 Å². The highest BCUT2D eigenvalue weighted by molar-refractivity contribution is 5.89. The molecule has 0 bridgehead atoms. The van der Waals surface area contributed by atoms with Gasteiger partial charge in [-0.05, 0) is 35.7 Å². The number of carbonyl (C=O) groups is 5. The second kappa shape index (κ2) is 17.2. The Hall–Kier alpha value is -4.83. The number of alkyl halides is 3. The first kappa shape index (κ1) is 36.6. The van der Waals surface area contributed by atoms with Crippen LogP contribution in [0.15, 0.2) is 55.0 Å². The summed E-state index contributed by atoms with van der Waals surface area (Å²) in [6.45, 7) is 2.29. The number of halogens is 3. The van der Waals surface area contributed by atoms with E-state index in [1.807, 2.05) is 47.4 Å². The van der Waals surface area contributed by atoms with Crippen LogP contribution in [0.5, 0.6) is 0 Å². The number of aromatic nitrogens is 2. The summed E-state index contributed by atoms with van der Waals surface area (Å²) in [5.74, 6) is -4.95. The fourth-order valence-electron chi connectivity index (χ4n) is 5.20. The molecule has 0 spiro atoms. The second-order valence-electron chi connectivity index (χ2n) is 10.8. The minimum Gasteiger partial charge on any atom is -0.480 e. The van der Waals surface area contributed by atoms with Crippen molar-refractivity contribution in [3.05, 3.63) is 66.2 Å². The number of rotatable bonds is 14. The van der Waals surface area contributed by atoms with Gasteiger partial charge in [-0.25, -0.2) is 14.6 Å². The molecule has 1 aliphatic heterocycles. The molecule has 0 radical (unpaired) electrons. The van der Waals surface area contributed by atoms with Crippen molar-refractivity contribution >= 4 is 40.3 Å². The van der Waals surface area contributed by atoms with Crippen LogP contribution in [0.2, 0.25) is 0 Å². The van der Waals surface area contributed by atoms with Crippen molar-refractivity contribution in [3.63, 3.8) is 0 Å². The van der Waals surface area contributed by atoms with E-state index in [-0.39, 0.29) is 43.7 Å². The molecule has 1 fully saturated rings. The quantitative estimate of drug-likeness (QED) is 0.149. The van der Waals surface area contributed by atoms with Gasteiger partial charge in [0.05, 0.1) is 31.0 Å². The topological polar surface area (TPSA) is 194 Å². The largest absolute Gasteiger partial charge is 0.490 e. The van der Waals surface area contributed by atoms with Crippen molar-refractivity contribution in [2.75, 3.05) is 19.6 Å². The molecule has 47 heavy (non-hydrogen) atoms. The standard InChI is InChI=1S/C29H36N6O5.C2HF3O2/c1-2-26(37)32-15-24(29(39)40)34-27(38)17-35(16-20-9-5-8-19-7-3-4-10-22(19)20)28(23-11-6-12-31-23)25(36)13-21-14-30-18-33-21;3-2(4,5)1(6)7/h3-5,7-10,14,18,23-24,28,31H,2,6,11-13,15-17H2,1H3,(H,30,33)(H,32,37)(H,34,38)(H,39,40);(H,6,7)/t23-,24-,28?;/m0./s1. The Morgan fingerprint density at radius 1 is 1.06 bits per heavy atom. The predicted molar refractivity (Wildman–Crippen MR) is 163 cm³/mol. The van der Waals surface area contributed by atoms with Gasteiger partial charge in [0.1, 0.15) is 6.04 Å². The van der Waals surface area contributed by atoms with Crippen LogP contribution in [0.1, 0.15) is 37.4 Å². The van der Waals surface area contributed by atoms with E-state index in [0.717, 1.165) is 35.7 Å². The first-order chi connectivity index (χ1) is 22.3. The smallest absolute Gasteiger partial charge is 0.480 e. The lowest BCUT2D eigenvalue weighted by atomic mass is 9.95. The summed E-state index contributed by atoms with van der Waals surface area (Å²) in [7, 11) is 0. The molecule has 3 atom stereocenters. The highest BCUT2D eigenvalue weighted by atomic mass is 19.4. The number of nitrogens with zero attached hydrogens (tertiary/aromatic N) is 2. The van der Waals surface area contributed by atoms with E-state index in [4.69, 9.17) is 9.90 Å². The number of imidazole rings is 1. The van der Waals surface area contributed by atoms with E-state index in [2.05, 4.69) is 25.9 Å². The molecule has 3 aromatic rings. The molecule has 6 N–H and O–H groups in total. The first-order valence-corrected chi connectivity index (χ1v) is 14.8. The summed E-state index contributed by atoms with van der Waals surface area (Å²) in [4.78, 5) is 68.5. The zero-order valence-electron chi connectivity index (χ0n) is 25.5. The number of H-pyrrole nitrogens is 1. The second-order valence-corrected chi connectivity index (χ2v) is 10.8. The van der Waals surface area contributed by atoms with Crippen LogP contribution in [-0.4, -0.2) is 98.6 Å². The molecular weight excluding hydrogens is 625 g/mol. The monoisotopic (exact) mass is 662 g/mol. The number of ketones is 1. The predicted octanol–water partition coefficient (Wildman–Crippen LogP) is 2.03. The third-order valence-corrected chi connectivity index (χ3v) is 7.41.